The van der Waals surface area contributed by atoms with Gasteiger partial charge in [0.1, 0.15) is 12.2 Å². The van der Waals surface area contributed by atoms with E-state index in [1.54, 1.807) is 4.68 Å². The summed E-state index contributed by atoms with van der Waals surface area (Å²) in [5.41, 5.74) is 0.509. The molecule has 0 saturated carbocycles. The molecule has 1 aromatic carbocycles. The molecule has 0 bridgehead atoms. The van der Waals surface area contributed by atoms with E-state index >= 15 is 0 Å². The molecule has 1 heterocycles. The minimum atomic E-state index is -0.869. The fourth-order valence-electron chi connectivity index (χ4n) is 1.48. The van der Waals surface area contributed by atoms with Gasteiger partial charge in [-0.15, -0.1) is 0 Å². The van der Waals surface area contributed by atoms with Gasteiger partial charge in [-0.05, 0) is 19.1 Å². The van der Waals surface area contributed by atoms with E-state index in [1.165, 1.54) is 12.4 Å². The van der Waals surface area contributed by atoms with E-state index < -0.39 is 11.6 Å². The molecule has 90 valence electrons. The maximum atomic E-state index is 12.9. The highest BCUT2D eigenvalue weighted by atomic mass is 19.2. The summed E-state index contributed by atoms with van der Waals surface area (Å²) in [7, 11) is 0. The molecule has 0 amide bonds. The zero-order valence-corrected chi connectivity index (χ0v) is 9.32. The Balaban J connectivity index is 2.05. The van der Waals surface area contributed by atoms with Crippen LogP contribution in [-0.4, -0.2) is 14.8 Å². The number of anilines is 1. The summed E-state index contributed by atoms with van der Waals surface area (Å²) in [6, 6.07) is 3.68. The minimum Gasteiger partial charge on any atom is -0.378 e. The Hall–Kier alpha value is -1.98. The molecule has 6 heteroatoms. The van der Waals surface area contributed by atoms with Gasteiger partial charge in [-0.3, -0.25) is 0 Å². The molecule has 0 fully saturated rings. The van der Waals surface area contributed by atoms with Crippen molar-refractivity contribution < 1.29 is 8.78 Å². The van der Waals surface area contributed by atoms with Gasteiger partial charge in [0.2, 0.25) is 0 Å². The Kier molecular flexibility index (Phi) is 3.32. The van der Waals surface area contributed by atoms with Crippen LogP contribution in [0.25, 0.3) is 0 Å². The number of nitrogens with zero attached hydrogens (tertiary/aromatic N) is 3. The molecule has 4 nitrogen and oxygen atoms in total. The predicted molar refractivity (Wildman–Crippen MR) is 59.4 cm³/mol. The quantitative estimate of drug-likeness (QED) is 0.887. The predicted octanol–water partition coefficient (Wildman–Crippen LogP) is 2.19. The van der Waals surface area contributed by atoms with Crippen LogP contribution < -0.4 is 5.32 Å². The first-order valence-corrected chi connectivity index (χ1v) is 5.26. The lowest BCUT2D eigenvalue weighted by Gasteiger charge is -2.07. The van der Waals surface area contributed by atoms with Gasteiger partial charge >= 0.3 is 0 Å². The van der Waals surface area contributed by atoms with E-state index in [0.29, 0.717) is 12.2 Å². The lowest BCUT2D eigenvalue weighted by molar-refractivity contribution is 0.509. The molecule has 17 heavy (non-hydrogen) atoms. The summed E-state index contributed by atoms with van der Waals surface area (Å²) in [5, 5.41) is 6.97. The van der Waals surface area contributed by atoms with Crippen molar-refractivity contribution in [3.63, 3.8) is 0 Å². The number of rotatable bonds is 4. The Morgan fingerprint density at radius 3 is 2.82 bits per heavy atom. The van der Waals surface area contributed by atoms with Gasteiger partial charge < -0.3 is 5.32 Å². The Morgan fingerprint density at radius 2 is 2.12 bits per heavy atom. The summed E-state index contributed by atoms with van der Waals surface area (Å²) < 4.78 is 27.4. The highest BCUT2D eigenvalue weighted by Crippen LogP contribution is 2.13. The van der Waals surface area contributed by atoms with Crippen LogP contribution in [0.1, 0.15) is 12.7 Å². The Morgan fingerprint density at radius 1 is 1.29 bits per heavy atom. The van der Waals surface area contributed by atoms with Gasteiger partial charge in [0.05, 0.1) is 6.54 Å². The van der Waals surface area contributed by atoms with Crippen molar-refractivity contribution >= 4 is 5.69 Å². The summed E-state index contributed by atoms with van der Waals surface area (Å²) in [5.74, 6) is -0.975. The standard InChI is InChI=1S/C11H12F2N4/c1-2-17-11(15-7-16-17)6-14-8-3-4-9(12)10(13)5-8/h3-5,7,14H,2,6H2,1H3. The van der Waals surface area contributed by atoms with E-state index in [0.717, 1.165) is 24.5 Å². The van der Waals surface area contributed by atoms with Crippen LogP contribution in [0.5, 0.6) is 0 Å². The average Bonchev–Trinajstić information content (AvgIpc) is 2.78. The molecule has 1 aromatic heterocycles. The fourth-order valence-corrected chi connectivity index (χ4v) is 1.48. The summed E-state index contributed by atoms with van der Waals surface area (Å²) in [4.78, 5) is 4.06. The van der Waals surface area contributed by atoms with Crippen LogP contribution in [0.15, 0.2) is 24.5 Å². The third-order valence-corrected chi connectivity index (χ3v) is 2.37. The first-order chi connectivity index (χ1) is 8.20. The van der Waals surface area contributed by atoms with Crippen molar-refractivity contribution in [2.24, 2.45) is 0 Å². The molecular weight excluding hydrogens is 226 g/mol. The van der Waals surface area contributed by atoms with Gasteiger partial charge in [0, 0.05) is 18.3 Å². The molecule has 0 atom stereocenters. The van der Waals surface area contributed by atoms with E-state index in [4.69, 9.17) is 0 Å². The molecule has 0 saturated heterocycles. The molecule has 2 aromatic rings. The molecule has 0 aliphatic heterocycles. The monoisotopic (exact) mass is 238 g/mol. The van der Waals surface area contributed by atoms with Gasteiger partial charge in [0.15, 0.2) is 11.6 Å². The lowest BCUT2D eigenvalue weighted by atomic mass is 10.3. The number of benzene rings is 1. The largest absolute Gasteiger partial charge is 0.378 e. The number of aryl methyl sites for hydroxylation is 1. The third-order valence-electron chi connectivity index (χ3n) is 2.37. The Labute approximate surface area is 97.3 Å². The van der Waals surface area contributed by atoms with E-state index in [9.17, 15) is 8.78 Å². The topological polar surface area (TPSA) is 42.7 Å². The van der Waals surface area contributed by atoms with E-state index in [2.05, 4.69) is 15.4 Å². The highest BCUT2D eigenvalue weighted by Gasteiger charge is 2.04. The maximum Gasteiger partial charge on any atom is 0.160 e. The second-order valence-electron chi connectivity index (χ2n) is 3.47. The van der Waals surface area contributed by atoms with Crippen molar-refractivity contribution in [3.8, 4) is 0 Å². The Bertz CT molecular complexity index is 510. The molecule has 0 unspecified atom stereocenters. The zero-order valence-electron chi connectivity index (χ0n) is 9.32. The van der Waals surface area contributed by atoms with Crippen LogP contribution in [-0.2, 0) is 13.1 Å². The summed E-state index contributed by atoms with van der Waals surface area (Å²) >= 11 is 0. The van der Waals surface area contributed by atoms with Gasteiger partial charge in [-0.2, -0.15) is 5.10 Å². The van der Waals surface area contributed by atoms with Crippen molar-refractivity contribution in [1.29, 1.82) is 0 Å². The van der Waals surface area contributed by atoms with Crippen LogP contribution >= 0.6 is 0 Å². The SMILES string of the molecule is CCn1ncnc1CNc1ccc(F)c(F)c1. The minimum absolute atomic E-state index is 0.416. The molecule has 0 radical (unpaired) electrons. The van der Waals surface area contributed by atoms with Gasteiger partial charge in [0.25, 0.3) is 0 Å². The van der Waals surface area contributed by atoms with Crippen molar-refractivity contribution in [1.82, 2.24) is 14.8 Å². The number of halogens is 2. The highest BCUT2D eigenvalue weighted by molar-refractivity contribution is 5.43. The summed E-state index contributed by atoms with van der Waals surface area (Å²) in [6.07, 6.45) is 1.46. The van der Waals surface area contributed by atoms with Crippen LogP contribution in [0, 0.1) is 11.6 Å². The molecule has 0 aliphatic carbocycles. The molecular formula is C11H12F2N4. The number of aromatic nitrogens is 3. The number of hydrogen-bond acceptors (Lipinski definition) is 3. The first-order valence-electron chi connectivity index (χ1n) is 5.26. The van der Waals surface area contributed by atoms with Crippen molar-refractivity contribution in [2.45, 2.75) is 20.0 Å². The van der Waals surface area contributed by atoms with Crippen LogP contribution in [0.4, 0.5) is 14.5 Å². The van der Waals surface area contributed by atoms with Crippen LogP contribution in [0.2, 0.25) is 0 Å². The van der Waals surface area contributed by atoms with Gasteiger partial charge in [-0.25, -0.2) is 18.4 Å². The number of nitrogens with one attached hydrogen (secondary N) is 1. The van der Waals surface area contributed by atoms with E-state index in [-0.39, 0.29) is 0 Å². The molecule has 1 N–H and O–H groups in total. The second kappa shape index (κ2) is 4.90. The summed E-state index contributed by atoms with van der Waals surface area (Å²) in [6.45, 7) is 3.09. The van der Waals surface area contributed by atoms with E-state index in [1.807, 2.05) is 6.92 Å². The van der Waals surface area contributed by atoms with Crippen molar-refractivity contribution in [3.05, 3.63) is 42.0 Å². The maximum absolute atomic E-state index is 12.9. The van der Waals surface area contributed by atoms with Crippen LogP contribution in [0.3, 0.4) is 0 Å². The third kappa shape index (κ3) is 2.58. The fraction of sp³-hybridized carbons (Fsp3) is 0.273. The normalized spacial score (nSPS) is 10.5. The molecule has 0 aliphatic rings. The first kappa shape index (κ1) is 11.5. The number of hydrogen-bond donors (Lipinski definition) is 1. The van der Waals surface area contributed by atoms with Crippen molar-refractivity contribution in [2.75, 3.05) is 5.32 Å². The second-order valence-corrected chi connectivity index (χ2v) is 3.47. The average molecular weight is 238 g/mol. The smallest absolute Gasteiger partial charge is 0.160 e. The molecule has 0 spiro atoms. The lowest BCUT2D eigenvalue weighted by Crippen LogP contribution is -2.09. The van der Waals surface area contributed by atoms with Gasteiger partial charge in [-0.1, -0.05) is 0 Å². The molecule has 2 rings (SSSR count). The zero-order chi connectivity index (χ0) is 12.3.